The molecule has 0 aliphatic rings. The molecule has 0 unspecified atom stereocenters. The van der Waals surface area contributed by atoms with Crippen LogP contribution in [0.1, 0.15) is 12.4 Å². The Bertz CT molecular complexity index is 488. The van der Waals surface area contributed by atoms with Crippen LogP contribution >= 0.6 is 0 Å². The second-order valence-electron chi connectivity index (χ2n) is 2.33. The number of phenols is 1. The Morgan fingerprint density at radius 3 is 2.62 bits per heavy atom. The zero-order valence-electron chi connectivity index (χ0n) is 11.6. The highest BCUT2D eigenvalue weighted by Crippen LogP contribution is 2.10. The number of nitrogens with two attached hydrogens (primary N) is 1. The van der Waals surface area contributed by atoms with Gasteiger partial charge in [-0.25, -0.2) is 0 Å². The summed E-state index contributed by atoms with van der Waals surface area (Å²) in [5.41, 5.74) is 4.87. The predicted octanol–water partition coefficient (Wildman–Crippen LogP) is 0.347. The van der Waals surface area contributed by atoms with Gasteiger partial charge in [-0.3, -0.25) is 4.79 Å². The summed E-state index contributed by atoms with van der Waals surface area (Å²) in [5.74, 6) is -2.47. The number of carbonyl (C=O) groups is 1. The van der Waals surface area contributed by atoms with E-state index in [4.69, 9.17) is 17.7 Å². The van der Waals surface area contributed by atoms with E-state index in [-0.39, 0.29) is 5.56 Å². The Balaban J connectivity index is 3.39. The standard InChI is InChI=1S/C9H11NO3/c10-8(9(12)13)5-6-1-3-7(11)4-2-6/h1-4,8,11H,5,10H2,(H,12,13)/t8-/m0/s1/i1D,2D,3D,4D,8D. The number of hydrogen-bond acceptors (Lipinski definition) is 3. The normalized spacial score (nSPS) is 20.2. The van der Waals surface area contributed by atoms with E-state index in [1.165, 1.54) is 0 Å². The topological polar surface area (TPSA) is 83.6 Å². The summed E-state index contributed by atoms with van der Waals surface area (Å²) in [6.45, 7) is 0. The molecule has 1 aromatic rings. The second kappa shape index (κ2) is 3.91. The molecular formula is C9H11NO3. The molecule has 0 radical (unpaired) electrons. The zero-order chi connectivity index (χ0) is 14.2. The summed E-state index contributed by atoms with van der Waals surface area (Å²) in [7, 11) is 0. The van der Waals surface area contributed by atoms with Crippen molar-refractivity contribution in [2.24, 2.45) is 5.73 Å². The molecule has 4 N–H and O–H groups in total. The molecule has 0 saturated carbocycles. The molecule has 1 atom stereocenters. The third-order valence-electron chi connectivity index (χ3n) is 1.31. The van der Waals surface area contributed by atoms with E-state index >= 15 is 0 Å². The molecular weight excluding hydrogens is 170 g/mol. The van der Waals surface area contributed by atoms with Crippen molar-refractivity contribution < 1.29 is 21.9 Å². The zero-order valence-corrected chi connectivity index (χ0v) is 6.59. The molecule has 0 amide bonds. The molecule has 0 aromatic heterocycles. The van der Waals surface area contributed by atoms with Crippen LogP contribution in [0.3, 0.4) is 0 Å². The maximum absolute atomic E-state index is 10.7. The fourth-order valence-corrected chi connectivity index (χ4v) is 0.686. The molecule has 0 aliphatic carbocycles. The monoisotopic (exact) mass is 186 g/mol. The molecule has 13 heavy (non-hydrogen) atoms. The molecule has 4 nitrogen and oxygen atoms in total. The fraction of sp³-hybridized carbons (Fsp3) is 0.222. The van der Waals surface area contributed by atoms with Crippen LogP contribution in [0.25, 0.3) is 0 Å². The summed E-state index contributed by atoms with van der Waals surface area (Å²) < 4.78 is 37.1. The Kier molecular flexibility index (Phi) is 1.39. The smallest absolute Gasteiger partial charge is 0.320 e. The van der Waals surface area contributed by atoms with Gasteiger partial charge in [0.25, 0.3) is 0 Å². The van der Waals surface area contributed by atoms with Crippen molar-refractivity contribution in [2.45, 2.75) is 12.4 Å². The maximum Gasteiger partial charge on any atom is 0.320 e. The van der Waals surface area contributed by atoms with E-state index in [1.807, 2.05) is 0 Å². The summed E-state index contributed by atoms with van der Waals surface area (Å²) in [4.78, 5) is 10.7. The molecule has 0 aliphatic heterocycles. The summed E-state index contributed by atoms with van der Waals surface area (Å²) in [6.07, 6.45) is -0.696. The van der Waals surface area contributed by atoms with E-state index in [0.717, 1.165) is 0 Å². The minimum Gasteiger partial charge on any atom is -0.508 e. The molecule has 0 spiro atoms. The predicted molar refractivity (Wildman–Crippen MR) is 47.4 cm³/mol. The van der Waals surface area contributed by atoms with Gasteiger partial charge in [0.05, 0.1) is 6.85 Å². The maximum atomic E-state index is 10.7. The Morgan fingerprint density at radius 2 is 2.15 bits per heavy atom. The molecule has 70 valence electrons. The second-order valence-corrected chi connectivity index (χ2v) is 2.33. The Labute approximate surface area is 82.6 Å². The molecule has 1 aromatic carbocycles. The van der Waals surface area contributed by atoms with Gasteiger partial charge in [0, 0.05) is 0 Å². The molecule has 0 bridgehead atoms. The van der Waals surface area contributed by atoms with Crippen LogP contribution in [-0.2, 0) is 11.2 Å². The molecule has 0 fully saturated rings. The lowest BCUT2D eigenvalue weighted by atomic mass is 10.1. The number of aromatic hydroxyl groups is 1. The van der Waals surface area contributed by atoms with Gasteiger partial charge in [-0.1, -0.05) is 12.1 Å². The first kappa shape index (κ1) is 4.62. The lowest BCUT2D eigenvalue weighted by molar-refractivity contribution is -0.138. The summed E-state index contributed by atoms with van der Waals surface area (Å²) >= 11 is 0. The number of rotatable bonds is 3. The van der Waals surface area contributed by atoms with Crippen molar-refractivity contribution in [3.63, 3.8) is 0 Å². The van der Waals surface area contributed by atoms with Crippen molar-refractivity contribution in [3.8, 4) is 5.75 Å². The first-order valence-corrected chi connectivity index (χ1v) is 3.40. The summed E-state index contributed by atoms with van der Waals surface area (Å²) in [5, 5.41) is 18.0. The van der Waals surface area contributed by atoms with Crippen LogP contribution in [0.4, 0.5) is 0 Å². The van der Waals surface area contributed by atoms with Gasteiger partial charge in [0.1, 0.15) is 11.8 Å². The number of carboxylic acids is 1. The highest BCUT2D eigenvalue weighted by atomic mass is 16.4. The van der Waals surface area contributed by atoms with E-state index in [2.05, 4.69) is 0 Å². The Morgan fingerprint density at radius 1 is 1.62 bits per heavy atom. The Hall–Kier alpha value is -1.55. The van der Waals surface area contributed by atoms with Crippen LogP contribution in [0, 0.1) is 0 Å². The van der Waals surface area contributed by atoms with Crippen LogP contribution < -0.4 is 5.73 Å². The minimum absolute atomic E-state index is 0.317. The summed E-state index contributed by atoms with van der Waals surface area (Å²) in [6, 6.07) is -5.03. The minimum atomic E-state index is -2.46. The first-order chi connectivity index (χ1) is 8.09. The average Bonchev–Trinajstić information content (AvgIpc) is 2.29. The lowest BCUT2D eigenvalue weighted by Crippen LogP contribution is -2.32. The largest absolute Gasteiger partial charge is 0.508 e. The SMILES string of the molecule is [2H]c1c([2H])c(C[C@]([2H])(N)C(=O)O)c([2H])c([2H])c1O. The quantitative estimate of drug-likeness (QED) is 0.636. The fourth-order valence-electron chi connectivity index (χ4n) is 0.686. The average molecular weight is 186 g/mol. The van der Waals surface area contributed by atoms with E-state index in [1.54, 1.807) is 0 Å². The van der Waals surface area contributed by atoms with Gasteiger partial charge < -0.3 is 15.9 Å². The van der Waals surface area contributed by atoms with Crippen molar-refractivity contribution in [2.75, 3.05) is 0 Å². The number of carboxylic acid groups (broad SMARTS) is 1. The molecule has 1 rings (SSSR count). The third kappa shape index (κ3) is 2.76. The number of benzene rings is 1. The van der Waals surface area contributed by atoms with Crippen LogP contribution in [0.15, 0.2) is 24.2 Å². The molecule has 0 saturated heterocycles. The van der Waals surface area contributed by atoms with Crippen LogP contribution in [0.2, 0.25) is 0 Å². The first-order valence-electron chi connectivity index (χ1n) is 5.90. The number of aliphatic carboxylic acids is 1. The number of hydrogen-bond donors (Lipinski definition) is 3. The van der Waals surface area contributed by atoms with Gasteiger partial charge in [-0.15, -0.1) is 0 Å². The molecule has 0 heterocycles. The van der Waals surface area contributed by atoms with Gasteiger partial charge in [0.2, 0.25) is 0 Å². The number of phenolic OH excluding ortho intramolecular Hbond substituents is 1. The van der Waals surface area contributed by atoms with Gasteiger partial charge >= 0.3 is 5.97 Å². The lowest BCUT2D eigenvalue weighted by Gasteiger charge is -2.05. The van der Waals surface area contributed by atoms with Gasteiger partial charge in [-0.05, 0) is 24.1 Å². The highest BCUT2D eigenvalue weighted by Gasteiger charge is 2.11. The van der Waals surface area contributed by atoms with Crippen LogP contribution in [0.5, 0.6) is 5.75 Å². The van der Waals surface area contributed by atoms with Gasteiger partial charge in [-0.2, -0.15) is 0 Å². The molecule has 4 heteroatoms. The highest BCUT2D eigenvalue weighted by molar-refractivity contribution is 5.73. The van der Waals surface area contributed by atoms with E-state index in [0.29, 0.717) is 0 Å². The van der Waals surface area contributed by atoms with E-state index < -0.39 is 48.3 Å². The van der Waals surface area contributed by atoms with Crippen LogP contribution in [-0.4, -0.2) is 22.2 Å². The van der Waals surface area contributed by atoms with Crippen molar-refractivity contribution in [1.82, 2.24) is 0 Å². The van der Waals surface area contributed by atoms with Crippen molar-refractivity contribution in [1.29, 1.82) is 0 Å². The van der Waals surface area contributed by atoms with E-state index in [9.17, 15) is 9.90 Å². The van der Waals surface area contributed by atoms with Crippen molar-refractivity contribution >= 4 is 5.97 Å². The van der Waals surface area contributed by atoms with Gasteiger partial charge in [0.15, 0.2) is 0 Å². The van der Waals surface area contributed by atoms with Crippen molar-refractivity contribution in [3.05, 3.63) is 29.7 Å². The third-order valence-corrected chi connectivity index (χ3v) is 1.31.